The predicted molar refractivity (Wildman–Crippen MR) is 76.2 cm³/mol. The van der Waals surface area contributed by atoms with Crippen molar-refractivity contribution >= 4 is 24.4 Å². The second-order valence-corrected chi connectivity index (χ2v) is 19.2. The Balaban J connectivity index is 3.95. The first-order valence-electron chi connectivity index (χ1n) is 5.86. The summed E-state index contributed by atoms with van der Waals surface area (Å²) in [4.78, 5) is 0. The second-order valence-electron chi connectivity index (χ2n) is 4.93. The Morgan fingerprint density at radius 1 is 0.933 bits per heavy atom. The smallest absolute Gasteiger partial charge is 0.335 e. The van der Waals surface area contributed by atoms with Crippen molar-refractivity contribution < 1.29 is 8.85 Å². The van der Waals surface area contributed by atoms with Gasteiger partial charge in [0.2, 0.25) is 0 Å². The van der Waals surface area contributed by atoms with Gasteiger partial charge in [-0.05, 0) is 32.6 Å². The molecule has 0 heterocycles. The highest BCUT2D eigenvalue weighted by molar-refractivity contribution is 7.81. The Labute approximate surface area is 99.0 Å². The first-order chi connectivity index (χ1) is 6.83. The zero-order valence-corrected chi connectivity index (χ0v) is 14.1. The normalized spacial score (nSPS) is 14.0. The molecule has 0 fully saturated rings. The van der Waals surface area contributed by atoms with E-state index in [1.54, 1.807) is 0 Å². The van der Waals surface area contributed by atoms with E-state index in [1.807, 2.05) is 0 Å². The van der Waals surface area contributed by atoms with Gasteiger partial charge in [0.1, 0.15) is 0 Å². The van der Waals surface area contributed by atoms with Gasteiger partial charge in [0, 0.05) is 13.2 Å². The van der Waals surface area contributed by atoms with Crippen molar-refractivity contribution in [1.82, 2.24) is 0 Å². The fourth-order valence-electron chi connectivity index (χ4n) is 1.46. The first-order valence-corrected chi connectivity index (χ1v) is 14.1. The molecule has 0 saturated heterocycles. The molecule has 1 unspecified atom stereocenters. The molecule has 0 radical (unpaired) electrons. The van der Waals surface area contributed by atoms with Crippen LogP contribution in [0.15, 0.2) is 0 Å². The monoisotopic (exact) mass is 266 g/mol. The first kappa shape index (κ1) is 15.8. The van der Waals surface area contributed by atoms with Crippen molar-refractivity contribution in [3.05, 3.63) is 0 Å². The van der Waals surface area contributed by atoms with Crippen molar-refractivity contribution in [3.63, 3.8) is 0 Å². The van der Waals surface area contributed by atoms with Gasteiger partial charge >= 0.3 is 8.56 Å². The van der Waals surface area contributed by atoms with E-state index in [1.165, 1.54) is 6.16 Å². The van der Waals surface area contributed by atoms with Gasteiger partial charge in [-0.25, -0.2) is 0 Å². The van der Waals surface area contributed by atoms with E-state index in [4.69, 9.17) is 8.85 Å². The Morgan fingerprint density at radius 2 is 1.40 bits per heavy atom. The highest BCUT2D eigenvalue weighted by atomic mass is 31.3. The highest BCUT2D eigenvalue weighted by Gasteiger charge is 2.30. The minimum Gasteiger partial charge on any atom is -0.395 e. The van der Waals surface area contributed by atoms with E-state index in [-0.39, 0.29) is 0 Å². The molecule has 15 heavy (non-hydrogen) atoms. The van der Waals surface area contributed by atoms with Gasteiger partial charge in [0.25, 0.3) is 0 Å². The van der Waals surface area contributed by atoms with Crippen LogP contribution in [0.1, 0.15) is 13.8 Å². The Kier molecular flexibility index (Phi) is 7.55. The van der Waals surface area contributed by atoms with Crippen LogP contribution < -0.4 is 0 Å². The quantitative estimate of drug-likeness (QED) is 0.493. The van der Waals surface area contributed by atoms with Gasteiger partial charge < -0.3 is 8.85 Å². The Bertz CT molecular complexity index is 165. The molecular weight excluding hydrogens is 239 g/mol. The summed E-state index contributed by atoms with van der Waals surface area (Å²) in [5.41, 5.74) is 0. The van der Waals surface area contributed by atoms with Crippen LogP contribution in [0.2, 0.25) is 32.2 Å². The molecule has 92 valence electrons. The van der Waals surface area contributed by atoms with Crippen LogP contribution in [0, 0.1) is 0 Å². The fourth-order valence-corrected chi connectivity index (χ4v) is 9.50. The molecule has 0 amide bonds. The van der Waals surface area contributed by atoms with E-state index in [9.17, 15) is 0 Å². The molecule has 0 aromatic heterocycles. The van der Waals surface area contributed by atoms with Gasteiger partial charge in [0.05, 0.1) is 7.74 Å². The van der Waals surface area contributed by atoms with Gasteiger partial charge in [0.15, 0.2) is 0 Å². The second kappa shape index (κ2) is 7.18. The van der Waals surface area contributed by atoms with Crippen LogP contribution in [0.3, 0.4) is 0 Å². The summed E-state index contributed by atoms with van der Waals surface area (Å²) in [6.45, 7) is 15.2. The third-order valence-electron chi connectivity index (χ3n) is 2.13. The van der Waals surface area contributed by atoms with Crippen LogP contribution in [0.25, 0.3) is 0 Å². The molecule has 0 rings (SSSR count). The van der Waals surface area contributed by atoms with Gasteiger partial charge in [-0.3, -0.25) is 0 Å². The molecule has 1 atom stereocenters. The highest BCUT2D eigenvalue weighted by Crippen LogP contribution is 2.30. The summed E-state index contributed by atoms with van der Waals surface area (Å²) in [6.07, 6.45) is 1.30. The van der Waals surface area contributed by atoms with Gasteiger partial charge in [-0.2, -0.15) is 0 Å². The molecule has 0 N–H and O–H groups in total. The number of hydrogen-bond donors (Lipinski definition) is 0. The molecule has 0 saturated carbocycles. The SMILES string of the molecule is CCO[Si](C)(CCP[Si](C)(C)C)OCC. The maximum Gasteiger partial charge on any atom is 0.335 e. The van der Waals surface area contributed by atoms with Crippen LogP contribution >= 0.6 is 8.13 Å². The average Bonchev–Trinajstić information content (AvgIpc) is 2.01. The van der Waals surface area contributed by atoms with Crippen LogP contribution in [-0.4, -0.2) is 35.7 Å². The van der Waals surface area contributed by atoms with Crippen molar-refractivity contribution in [1.29, 1.82) is 0 Å². The molecule has 5 heteroatoms. The van der Waals surface area contributed by atoms with Gasteiger partial charge in [-0.15, -0.1) is 8.13 Å². The van der Waals surface area contributed by atoms with Crippen molar-refractivity contribution in [2.45, 2.75) is 46.1 Å². The molecule has 0 aromatic rings. The molecule has 0 aliphatic carbocycles. The van der Waals surface area contributed by atoms with Gasteiger partial charge in [-0.1, -0.05) is 19.6 Å². The summed E-state index contributed by atoms with van der Waals surface area (Å²) in [6, 6.07) is 1.16. The van der Waals surface area contributed by atoms with Crippen molar-refractivity contribution in [2.24, 2.45) is 0 Å². The summed E-state index contributed by atoms with van der Waals surface area (Å²) >= 11 is 0. The lowest BCUT2D eigenvalue weighted by Crippen LogP contribution is -2.39. The van der Waals surface area contributed by atoms with Crippen molar-refractivity contribution in [3.8, 4) is 0 Å². The fraction of sp³-hybridized carbons (Fsp3) is 1.00. The minimum absolute atomic E-state index is 0.790. The lowest BCUT2D eigenvalue weighted by molar-refractivity contribution is 0.190. The maximum atomic E-state index is 5.82. The molecule has 0 spiro atoms. The molecule has 2 nitrogen and oxygen atoms in total. The molecule has 0 aliphatic rings. The van der Waals surface area contributed by atoms with Crippen LogP contribution in [0.4, 0.5) is 0 Å². The van der Waals surface area contributed by atoms with Crippen molar-refractivity contribution in [2.75, 3.05) is 19.4 Å². The van der Waals surface area contributed by atoms with Crippen LogP contribution in [-0.2, 0) is 8.85 Å². The molecule has 0 bridgehead atoms. The molecule has 0 aliphatic heterocycles. The number of rotatable bonds is 8. The minimum atomic E-state index is -1.82. The van der Waals surface area contributed by atoms with E-state index >= 15 is 0 Å². The summed E-state index contributed by atoms with van der Waals surface area (Å²) in [7, 11) is -1.55. The standard InChI is InChI=1S/C10H27O2PSi2/c1-7-11-15(6,12-8-2)10-9-13-14(3,4)5/h13H,7-10H2,1-6H3. The third kappa shape index (κ3) is 8.58. The lowest BCUT2D eigenvalue weighted by atomic mass is 10.9. The Hall–Kier alpha value is 0.784. The largest absolute Gasteiger partial charge is 0.395 e. The number of hydrogen-bond acceptors (Lipinski definition) is 2. The van der Waals surface area contributed by atoms with Crippen LogP contribution in [0.5, 0.6) is 0 Å². The summed E-state index contributed by atoms with van der Waals surface area (Å²) in [5, 5.41) is 0. The summed E-state index contributed by atoms with van der Waals surface area (Å²) < 4.78 is 11.6. The zero-order valence-electron chi connectivity index (χ0n) is 11.1. The topological polar surface area (TPSA) is 18.5 Å². The maximum absolute atomic E-state index is 5.82. The average molecular weight is 266 g/mol. The van der Waals surface area contributed by atoms with E-state index < -0.39 is 16.3 Å². The lowest BCUT2D eigenvalue weighted by Gasteiger charge is -2.27. The molecular formula is C10H27O2PSi2. The zero-order chi connectivity index (χ0) is 11.9. The van der Waals surface area contributed by atoms with E-state index in [2.05, 4.69) is 40.0 Å². The van der Waals surface area contributed by atoms with E-state index in [0.717, 1.165) is 27.4 Å². The summed E-state index contributed by atoms with van der Waals surface area (Å²) in [5.74, 6) is 0. The third-order valence-corrected chi connectivity index (χ3v) is 11.1. The Morgan fingerprint density at radius 3 is 1.73 bits per heavy atom. The predicted octanol–water partition coefficient (Wildman–Crippen LogP) is 3.64. The molecule has 0 aromatic carbocycles. The van der Waals surface area contributed by atoms with E-state index in [0.29, 0.717) is 0 Å².